The summed E-state index contributed by atoms with van der Waals surface area (Å²) in [5.41, 5.74) is 0.832. The third-order valence-corrected chi connectivity index (χ3v) is 7.98. The standard InChI is InChI=1S/C18H25NO5S2/c1-13-7-9-25-17(13)18(21)24-11-16(20)19(14-5-3-2-4-6-14)15-8-10-26(22,23)12-15/h7,9,14-15H,2-6,8,10-12H2,1H3. The quantitative estimate of drug-likeness (QED) is 0.711. The number of nitrogens with zero attached hydrogens (tertiary/aromatic N) is 1. The molecule has 0 bridgehead atoms. The fraction of sp³-hybridized carbons (Fsp3) is 0.667. The maximum Gasteiger partial charge on any atom is 0.349 e. The fourth-order valence-corrected chi connectivity index (χ4v) is 6.44. The average molecular weight is 400 g/mol. The molecule has 0 aromatic carbocycles. The van der Waals surface area contributed by atoms with Crippen LogP contribution >= 0.6 is 11.3 Å². The summed E-state index contributed by atoms with van der Waals surface area (Å²) < 4.78 is 29.0. The minimum absolute atomic E-state index is 0.0211. The van der Waals surface area contributed by atoms with Gasteiger partial charge in [-0.25, -0.2) is 13.2 Å². The van der Waals surface area contributed by atoms with E-state index in [0.29, 0.717) is 11.3 Å². The van der Waals surface area contributed by atoms with Crippen molar-refractivity contribution in [3.05, 3.63) is 21.9 Å². The number of aryl methyl sites for hydroxylation is 1. The van der Waals surface area contributed by atoms with Crippen LogP contribution in [0.5, 0.6) is 0 Å². The molecule has 1 unspecified atom stereocenters. The summed E-state index contributed by atoms with van der Waals surface area (Å²) in [4.78, 5) is 27.3. The molecule has 144 valence electrons. The lowest BCUT2D eigenvalue weighted by Gasteiger charge is -2.38. The van der Waals surface area contributed by atoms with E-state index in [2.05, 4.69) is 0 Å². The van der Waals surface area contributed by atoms with E-state index in [-0.39, 0.29) is 36.1 Å². The van der Waals surface area contributed by atoms with Crippen LogP contribution in [0.4, 0.5) is 0 Å². The second-order valence-electron chi connectivity index (χ2n) is 7.16. The van der Waals surface area contributed by atoms with Gasteiger partial charge in [-0.3, -0.25) is 4.79 Å². The Morgan fingerprint density at radius 1 is 1.19 bits per heavy atom. The number of carbonyl (C=O) groups excluding carboxylic acids is 2. The van der Waals surface area contributed by atoms with Gasteiger partial charge in [0.1, 0.15) is 4.88 Å². The molecule has 3 rings (SSSR count). The third-order valence-electron chi connectivity index (χ3n) is 5.23. The van der Waals surface area contributed by atoms with Crippen molar-refractivity contribution in [2.24, 2.45) is 0 Å². The summed E-state index contributed by atoms with van der Waals surface area (Å²) in [6, 6.07) is 1.59. The fourth-order valence-electron chi connectivity index (χ4n) is 3.91. The first-order valence-corrected chi connectivity index (χ1v) is 11.8. The summed E-state index contributed by atoms with van der Waals surface area (Å²) in [5.74, 6) is -0.620. The highest BCUT2D eigenvalue weighted by Crippen LogP contribution is 2.28. The normalized spacial score (nSPS) is 22.9. The smallest absolute Gasteiger partial charge is 0.349 e. The van der Waals surface area contributed by atoms with Crippen molar-refractivity contribution >= 4 is 33.1 Å². The van der Waals surface area contributed by atoms with E-state index in [9.17, 15) is 18.0 Å². The lowest BCUT2D eigenvalue weighted by Crippen LogP contribution is -2.50. The molecule has 2 aliphatic rings. The van der Waals surface area contributed by atoms with Crippen molar-refractivity contribution in [2.45, 2.75) is 57.5 Å². The Morgan fingerprint density at radius 2 is 1.92 bits per heavy atom. The molecule has 6 nitrogen and oxygen atoms in total. The molecule has 1 saturated carbocycles. The molecule has 0 N–H and O–H groups in total. The van der Waals surface area contributed by atoms with Gasteiger partial charge in [-0.1, -0.05) is 19.3 Å². The van der Waals surface area contributed by atoms with Gasteiger partial charge < -0.3 is 9.64 Å². The van der Waals surface area contributed by atoms with Gasteiger partial charge in [0.15, 0.2) is 16.4 Å². The SMILES string of the molecule is Cc1ccsc1C(=O)OCC(=O)N(C1CCCCC1)C1CCS(=O)(=O)C1. The van der Waals surface area contributed by atoms with Gasteiger partial charge in [0.05, 0.1) is 11.5 Å². The van der Waals surface area contributed by atoms with E-state index in [1.807, 2.05) is 18.4 Å². The number of amides is 1. The zero-order chi connectivity index (χ0) is 18.7. The monoisotopic (exact) mass is 399 g/mol. The summed E-state index contributed by atoms with van der Waals surface area (Å²) >= 11 is 1.29. The number of ether oxygens (including phenoxy) is 1. The Kier molecular flexibility index (Phi) is 6.02. The largest absolute Gasteiger partial charge is 0.451 e. The number of hydrogen-bond acceptors (Lipinski definition) is 6. The first kappa shape index (κ1) is 19.4. The second kappa shape index (κ2) is 8.08. The molecule has 2 heterocycles. The zero-order valence-corrected chi connectivity index (χ0v) is 16.6. The molecule has 8 heteroatoms. The number of hydrogen-bond donors (Lipinski definition) is 0. The number of rotatable bonds is 5. The molecule has 1 atom stereocenters. The van der Waals surface area contributed by atoms with Crippen molar-refractivity contribution in [3.8, 4) is 0 Å². The van der Waals surface area contributed by atoms with Crippen molar-refractivity contribution in [1.29, 1.82) is 0 Å². The number of esters is 1. The first-order chi connectivity index (χ1) is 12.4. The molecule has 0 radical (unpaired) electrons. The zero-order valence-electron chi connectivity index (χ0n) is 15.0. The number of carbonyl (C=O) groups is 2. The molecule has 0 spiro atoms. The van der Waals surface area contributed by atoms with Gasteiger partial charge in [-0.2, -0.15) is 0 Å². The average Bonchev–Trinajstić information content (AvgIpc) is 3.19. The van der Waals surface area contributed by atoms with E-state index in [4.69, 9.17) is 4.74 Å². The van der Waals surface area contributed by atoms with Crippen LogP contribution in [0.3, 0.4) is 0 Å². The predicted octanol–water partition coefficient (Wildman–Crippen LogP) is 2.56. The van der Waals surface area contributed by atoms with Gasteiger partial charge in [-0.05, 0) is 43.2 Å². The Hall–Kier alpha value is -1.41. The molecule has 1 saturated heterocycles. The van der Waals surface area contributed by atoms with Crippen LogP contribution in [0.15, 0.2) is 11.4 Å². The lowest BCUT2D eigenvalue weighted by molar-refractivity contribution is -0.139. The minimum Gasteiger partial charge on any atom is -0.451 e. The third kappa shape index (κ3) is 4.46. The molecule has 1 aromatic heterocycles. The van der Waals surface area contributed by atoms with E-state index in [1.165, 1.54) is 11.3 Å². The highest BCUT2D eigenvalue weighted by atomic mass is 32.2. The van der Waals surface area contributed by atoms with Crippen LogP contribution < -0.4 is 0 Å². The highest BCUT2D eigenvalue weighted by Gasteiger charge is 2.38. The topological polar surface area (TPSA) is 80.8 Å². The lowest BCUT2D eigenvalue weighted by atomic mass is 9.93. The maximum atomic E-state index is 12.9. The van der Waals surface area contributed by atoms with Crippen molar-refractivity contribution in [1.82, 2.24) is 4.90 Å². The summed E-state index contributed by atoms with van der Waals surface area (Å²) in [7, 11) is -3.08. The highest BCUT2D eigenvalue weighted by molar-refractivity contribution is 7.91. The summed E-state index contributed by atoms with van der Waals surface area (Å²) in [5, 5.41) is 1.81. The molecule has 26 heavy (non-hydrogen) atoms. The van der Waals surface area contributed by atoms with Gasteiger partial charge in [-0.15, -0.1) is 11.3 Å². The van der Waals surface area contributed by atoms with Crippen molar-refractivity contribution in [2.75, 3.05) is 18.1 Å². The Labute approximate surface area is 158 Å². The molecule has 1 amide bonds. The molecule has 2 fully saturated rings. The maximum absolute atomic E-state index is 12.9. The van der Waals surface area contributed by atoms with E-state index >= 15 is 0 Å². The molecular weight excluding hydrogens is 374 g/mol. The number of thiophene rings is 1. The van der Waals surface area contributed by atoms with Crippen molar-refractivity contribution < 1.29 is 22.7 Å². The predicted molar refractivity (Wildman–Crippen MR) is 100 cm³/mol. The van der Waals surface area contributed by atoms with Crippen LogP contribution in [0.1, 0.15) is 53.8 Å². The van der Waals surface area contributed by atoms with Crippen LogP contribution in [0, 0.1) is 6.92 Å². The van der Waals surface area contributed by atoms with E-state index in [1.54, 1.807) is 4.90 Å². The van der Waals surface area contributed by atoms with Crippen LogP contribution in [0.25, 0.3) is 0 Å². The molecule has 1 aromatic rings. The van der Waals surface area contributed by atoms with Crippen LogP contribution in [0.2, 0.25) is 0 Å². The van der Waals surface area contributed by atoms with Crippen LogP contribution in [-0.2, 0) is 19.4 Å². The first-order valence-electron chi connectivity index (χ1n) is 9.10. The van der Waals surface area contributed by atoms with E-state index < -0.39 is 15.8 Å². The Balaban J connectivity index is 1.68. The summed E-state index contributed by atoms with van der Waals surface area (Å²) in [6.45, 7) is 1.50. The van der Waals surface area contributed by atoms with E-state index in [0.717, 1.165) is 37.7 Å². The second-order valence-corrected chi connectivity index (χ2v) is 10.3. The van der Waals surface area contributed by atoms with Gasteiger partial charge in [0.25, 0.3) is 5.91 Å². The number of sulfone groups is 1. The Morgan fingerprint density at radius 3 is 2.50 bits per heavy atom. The van der Waals surface area contributed by atoms with Crippen molar-refractivity contribution in [3.63, 3.8) is 0 Å². The summed E-state index contributed by atoms with van der Waals surface area (Å²) in [6.07, 6.45) is 5.49. The van der Waals surface area contributed by atoms with Gasteiger partial charge in [0.2, 0.25) is 0 Å². The molecule has 1 aliphatic heterocycles. The minimum atomic E-state index is -3.08. The van der Waals surface area contributed by atoms with Crippen LogP contribution in [-0.4, -0.2) is 55.4 Å². The Bertz CT molecular complexity index is 764. The molecule has 1 aliphatic carbocycles. The van der Waals surface area contributed by atoms with Gasteiger partial charge >= 0.3 is 5.97 Å². The van der Waals surface area contributed by atoms with Gasteiger partial charge in [0, 0.05) is 12.1 Å². The molecular formula is C18H25NO5S2.